The van der Waals surface area contributed by atoms with Gasteiger partial charge < -0.3 is 20.1 Å². The molecule has 1 aromatic heterocycles. The summed E-state index contributed by atoms with van der Waals surface area (Å²) < 4.78 is 0. The molecule has 102 valence electrons. The molecule has 1 amide bonds. The van der Waals surface area contributed by atoms with Crippen molar-refractivity contribution >= 4 is 17.8 Å². The summed E-state index contributed by atoms with van der Waals surface area (Å²) in [6, 6.07) is 0.737. The lowest BCUT2D eigenvalue weighted by Crippen LogP contribution is -2.41. The van der Waals surface area contributed by atoms with E-state index in [0.29, 0.717) is 4.90 Å². The number of H-pyrrole nitrogens is 2. The molecule has 0 unspecified atom stereocenters. The number of nitrogens with zero attached hydrogens (tertiary/aromatic N) is 1. The van der Waals surface area contributed by atoms with E-state index in [2.05, 4.69) is 0 Å². The second-order valence-electron chi connectivity index (χ2n) is 3.45. The minimum absolute atomic E-state index is 0.468. The molecule has 0 aromatic carbocycles. The third-order valence-electron chi connectivity index (χ3n) is 1.93. The molecule has 0 atom stereocenters. The van der Waals surface area contributed by atoms with Crippen molar-refractivity contribution in [1.29, 1.82) is 0 Å². The highest BCUT2D eigenvalue weighted by Gasteiger charge is 2.22. The summed E-state index contributed by atoms with van der Waals surface area (Å²) in [5.41, 5.74) is -2.31. The molecule has 0 aliphatic rings. The summed E-state index contributed by atoms with van der Waals surface area (Å²) in [6.45, 7) is -1.75. The second kappa shape index (κ2) is 5.62. The summed E-state index contributed by atoms with van der Waals surface area (Å²) in [5.74, 6) is -3.93. The average molecular weight is 271 g/mol. The Labute approximate surface area is 104 Å². The van der Waals surface area contributed by atoms with Gasteiger partial charge in [-0.3, -0.25) is 24.2 Å². The van der Waals surface area contributed by atoms with Crippen LogP contribution in [-0.2, 0) is 9.59 Å². The quantitative estimate of drug-likeness (QED) is 0.467. The zero-order valence-electron chi connectivity index (χ0n) is 9.37. The van der Waals surface area contributed by atoms with Gasteiger partial charge in [0.2, 0.25) is 0 Å². The zero-order chi connectivity index (χ0) is 14.6. The molecule has 0 fully saturated rings. The summed E-state index contributed by atoms with van der Waals surface area (Å²) in [6.07, 6.45) is 0. The van der Waals surface area contributed by atoms with Crippen LogP contribution in [0.5, 0.6) is 0 Å². The fraction of sp³-hybridized carbons (Fsp3) is 0.222. The molecule has 0 radical (unpaired) electrons. The van der Waals surface area contributed by atoms with Gasteiger partial charge in [-0.2, -0.15) is 0 Å². The van der Waals surface area contributed by atoms with Crippen molar-refractivity contribution < 1.29 is 24.6 Å². The third kappa shape index (κ3) is 4.11. The number of hydrogen-bond acceptors (Lipinski definition) is 5. The predicted molar refractivity (Wildman–Crippen MR) is 58.9 cm³/mol. The van der Waals surface area contributed by atoms with Crippen molar-refractivity contribution in [2.24, 2.45) is 0 Å². The molecular formula is C9H9N3O7. The maximum atomic E-state index is 11.8. The molecule has 10 heteroatoms. The smallest absolute Gasteiger partial charge is 0.326 e. The molecule has 0 saturated carbocycles. The normalized spacial score (nSPS) is 9.89. The minimum atomic E-state index is -1.43. The number of aliphatic carboxylic acids is 2. The van der Waals surface area contributed by atoms with E-state index < -0.39 is 47.9 Å². The van der Waals surface area contributed by atoms with Crippen molar-refractivity contribution in [2.75, 3.05) is 13.1 Å². The van der Waals surface area contributed by atoms with Gasteiger partial charge in [0.15, 0.2) is 0 Å². The Balaban J connectivity index is 3.10. The molecule has 0 aliphatic carbocycles. The Morgan fingerprint density at radius 3 is 2.00 bits per heavy atom. The number of carbonyl (C=O) groups is 3. The van der Waals surface area contributed by atoms with Crippen LogP contribution in [0.15, 0.2) is 15.7 Å². The SMILES string of the molecule is O=C(O)CN(CC(=O)O)C(=O)c1cc(=O)[nH]c(=O)[nH]1. The molecule has 19 heavy (non-hydrogen) atoms. The molecule has 10 nitrogen and oxygen atoms in total. The van der Waals surface area contributed by atoms with Crippen molar-refractivity contribution in [1.82, 2.24) is 14.9 Å². The highest BCUT2D eigenvalue weighted by molar-refractivity contribution is 5.95. The summed E-state index contributed by atoms with van der Waals surface area (Å²) in [7, 11) is 0. The van der Waals surface area contributed by atoms with E-state index >= 15 is 0 Å². The summed E-state index contributed by atoms with van der Waals surface area (Å²) in [5, 5.41) is 17.2. The number of rotatable bonds is 5. The van der Waals surface area contributed by atoms with Crippen molar-refractivity contribution in [2.45, 2.75) is 0 Å². The van der Waals surface area contributed by atoms with Gasteiger partial charge in [0.05, 0.1) is 0 Å². The van der Waals surface area contributed by atoms with Gasteiger partial charge in [-0.15, -0.1) is 0 Å². The maximum absolute atomic E-state index is 11.8. The molecule has 1 rings (SSSR count). The number of amides is 1. The fourth-order valence-electron chi connectivity index (χ4n) is 1.28. The largest absolute Gasteiger partial charge is 0.480 e. The van der Waals surface area contributed by atoms with Crippen LogP contribution in [0.3, 0.4) is 0 Å². The van der Waals surface area contributed by atoms with E-state index in [9.17, 15) is 24.0 Å². The number of aromatic nitrogens is 2. The lowest BCUT2D eigenvalue weighted by molar-refractivity contribution is -0.140. The van der Waals surface area contributed by atoms with Crippen LogP contribution in [0.1, 0.15) is 10.5 Å². The first-order valence-electron chi connectivity index (χ1n) is 4.86. The first-order chi connectivity index (χ1) is 8.79. The fourth-order valence-corrected chi connectivity index (χ4v) is 1.28. The molecule has 4 N–H and O–H groups in total. The van der Waals surface area contributed by atoms with Gasteiger partial charge in [0.1, 0.15) is 18.8 Å². The highest BCUT2D eigenvalue weighted by atomic mass is 16.4. The monoisotopic (exact) mass is 271 g/mol. The van der Waals surface area contributed by atoms with E-state index in [1.54, 1.807) is 0 Å². The van der Waals surface area contributed by atoms with Crippen molar-refractivity contribution in [3.8, 4) is 0 Å². The average Bonchev–Trinajstić information content (AvgIpc) is 2.24. The highest BCUT2D eigenvalue weighted by Crippen LogP contribution is 1.98. The van der Waals surface area contributed by atoms with Crippen LogP contribution < -0.4 is 11.2 Å². The standard InChI is InChI=1S/C9H9N3O7/c13-5-1-4(10-9(19)11-5)8(18)12(2-6(14)15)3-7(16)17/h1H,2-3H2,(H,14,15)(H,16,17)(H2,10,11,13,19). The zero-order valence-corrected chi connectivity index (χ0v) is 9.37. The first kappa shape index (κ1) is 14.2. The summed E-state index contributed by atoms with van der Waals surface area (Å²) >= 11 is 0. The van der Waals surface area contributed by atoms with Gasteiger partial charge in [0.25, 0.3) is 11.5 Å². The first-order valence-corrected chi connectivity index (χ1v) is 4.86. The topological polar surface area (TPSA) is 161 Å². The Hall–Kier alpha value is -2.91. The number of carboxylic acid groups (broad SMARTS) is 2. The molecule has 0 saturated heterocycles. The predicted octanol–water partition coefficient (Wildman–Crippen LogP) is -2.33. The van der Waals surface area contributed by atoms with E-state index in [0.717, 1.165) is 6.07 Å². The number of hydrogen-bond donors (Lipinski definition) is 4. The Morgan fingerprint density at radius 1 is 1.05 bits per heavy atom. The van der Waals surface area contributed by atoms with Crippen LogP contribution >= 0.6 is 0 Å². The number of carboxylic acids is 2. The van der Waals surface area contributed by atoms with Gasteiger partial charge >= 0.3 is 17.6 Å². The van der Waals surface area contributed by atoms with Gasteiger partial charge in [-0.05, 0) is 0 Å². The van der Waals surface area contributed by atoms with Crippen molar-refractivity contribution in [3.05, 3.63) is 32.6 Å². The Morgan fingerprint density at radius 2 is 1.58 bits per heavy atom. The minimum Gasteiger partial charge on any atom is -0.480 e. The van der Waals surface area contributed by atoms with Crippen LogP contribution in [-0.4, -0.2) is 56.0 Å². The van der Waals surface area contributed by atoms with Crippen molar-refractivity contribution in [3.63, 3.8) is 0 Å². The maximum Gasteiger partial charge on any atom is 0.326 e. The van der Waals surface area contributed by atoms with E-state index in [1.165, 1.54) is 0 Å². The lowest BCUT2D eigenvalue weighted by atomic mass is 10.3. The number of nitrogens with one attached hydrogen (secondary N) is 2. The van der Waals surface area contributed by atoms with Gasteiger partial charge in [-0.1, -0.05) is 0 Å². The van der Waals surface area contributed by atoms with Gasteiger partial charge in [-0.25, -0.2) is 4.79 Å². The molecule has 0 spiro atoms. The summed E-state index contributed by atoms with van der Waals surface area (Å²) in [4.78, 5) is 59.1. The molecule has 0 aliphatic heterocycles. The molecule has 1 aromatic rings. The molecular weight excluding hydrogens is 262 g/mol. The van der Waals surface area contributed by atoms with Crippen LogP contribution in [0, 0.1) is 0 Å². The Bertz CT molecular complexity index is 585. The van der Waals surface area contributed by atoms with Crippen LogP contribution in [0.4, 0.5) is 0 Å². The number of carbonyl (C=O) groups excluding carboxylic acids is 1. The van der Waals surface area contributed by atoms with E-state index in [1.807, 2.05) is 9.97 Å². The molecule has 0 bridgehead atoms. The molecule has 1 heterocycles. The van der Waals surface area contributed by atoms with Crippen LogP contribution in [0.2, 0.25) is 0 Å². The number of aromatic amines is 2. The second-order valence-corrected chi connectivity index (χ2v) is 3.45. The van der Waals surface area contributed by atoms with Crippen LogP contribution in [0.25, 0.3) is 0 Å². The lowest BCUT2D eigenvalue weighted by Gasteiger charge is -2.17. The third-order valence-corrected chi connectivity index (χ3v) is 1.93. The van der Waals surface area contributed by atoms with E-state index in [-0.39, 0.29) is 0 Å². The van der Waals surface area contributed by atoms with Gasteiger partial charge in [0, 0.05) is 6.07 Å². The Kier molecular flexibility index (Phi) is 4.19. The van der Waals surface area contributed by atoms with E-state index in [4.69, 9.17) is 10.2 Å².